The Bertz CT molecular complexity index is 436. The summed E-state index contributed by atoms with van der Waals surface area (Å²) in [6.07, 6.45) is 2.82. The molecule has 1 heterocycles. The second kappa shape index (κ2) is 3.26. The highest BCUT2D eigenvalue weighted by Gasteiger charge is 2.16. The minimum absolute atomic E-state index is 0.0909. The Balaban J connectivity index is 2.53. The van der Waals surface area contributed by atoms with Crippen LogP contribution in [-0.4, -0.2) is 10.9 Å². The van der Waals surface area contributed by atoms with E-state index in [-0.39, 0.29) is 11.1 Å². The van der Waals surface area contributed by atoms with E-state index in [1.807, 2.05) is 5.43 Å². The molecule has 0 atom stereocenters. The molecule has 0 fully saturated rings. The topological polar surface area (TPSA) is 88.0 Å². The average molecular weight is 193 g/mol. The summed E-state index contributed by atoms with van der Waals surface area (Å²) >= 11 is 0. The van der Waals surface area contributed by atoms with Crippen LogP contribution in [0.1, 0.15) is 28.0 Å². The van der Waals surface area contributed by atoms with Crippen LogP contribution < -0.4 is 16.8 Å². The number of aromatic amines is 1. The first-order chi connectivity index (χ1) is 6.72. The third-order valence-corrected chi connectivity index (χ3v) is 2.46. The molecule has 0 aromatic carbocycles. The fourth-order valence-corrected chi connectivity index (χ4v) is 1.76. The lowest BCUT2D eigenvalue weighted by atomic mass is 10.1. The van der Waals surface area contributed by atoms with Crippen LogP contribution in [0.15, 0.2) is 10.9 Å². The molecule has 1 aromatic rings. The lowest BCUT2D eigenvalue weighted by Gasteiger charge is -2.02. The van der Waals surface area contributed by atoms with Gasteiger partial charge in [-0.05, 0) is 30.9 Å². The van der Waals surface area contributed by atoms with Gasteiger partial charge in [0.25, 0.3) is 11.5 Å². The van der Waals surface area contributed by atoms with Crippen molar-refractivity contribution in [2.45, 2.75) is 19.3 Å². The first-order valence-electron chi connectivity index (χ1n) is 4.48. The first kappa shape index (κ1) is 8.96. The van der Waals surface area contributed by atoms with Crippen molar-refractivity contribution in [3.63, 3.8) is 0 Å². The smallest absolute Gasteiger partial charge is 0.270 e. The van der Waals surface area contributed by atoms with Gasteiger partial charge < -0.3 is 4.98 Å². The average Bonchev–Trinajstić information content (AvgIpc) is 2.62. The third kappa shape index (κ3) is 1.31. The van der Waals surface area contributed by atoms with Crippen LogP contribution in [0, 0.1) is 0 Å². The number of carbonyl (C=O) groups is 1. The molecular formula is C9H11N3O2. The monoisotopic (exact) mass is 193 g/mol. The van der Waals surface area contributed by atoms with Crippen LogP contribution in [0.3, 0.4) is 0 Å². The Hall–Kier alpha value is -1.62. The van der Waals surface area contributed by atoms with Gasteiger partial charge in [-0.2, -0.15) is 0 Å². The molecule has 5 heteroatoms. The highest BCUT2D eigenvalue weighted by atomic mass is 16.2. The van der Waals surface area contributed by atoms with Crippen molar-refractivity contribution in [2.75, 3.05) is 0 Å². The van der Waals surface area contributed by atoms with Gasteiger partial charge in [0.2, 0.25) is 0 Å². The predicted molar refractivity (Wildman–Crippen MR) is 50.7 cm³/mol. The van der Waals surface area contributed by atoms with Crippen molar-refractivity contribution < 1.29 is 4.79 Å². The molecular weight excluding hydrogens is 182 g/mol. The first-order valence-corrected chi connectivity index (χ1v) is 4.48. The molecule has 1 aromatic heterocycles. The molecule has 0 saturated carbocycles. The van der Waals surface area contributed by atoms with Crippen molar-refractivity contribution >= 4 is 5.91 Å². The zero-order valence-electron chi connectivity index (χ0n) is 7.59. The molecule has 0 aliphatic heterocycles. The minimum atomic E-state index is -0.541. The number of nitrogens with one attached hydrogen (secondary N) is 2. The molecule has 0 spiro atoms. The number of nitrogens with two attached hydrogens (primary N) is 1. The number of rotatable bonds is 1. The summed E-state index contributed by atoms with van der Waals surface area (Å²) in [7, 11) is 0. The van der Waals surface area contributed by atoms with Crippen LogP contribution in [-0.2, 0) is 12.8 Å². The fraction of sp³-hybridized carbons (Fsp3) is 0.333. The maximum Gasteiger partial charge on any atom is 0.270 e. The number of pyridine rings is 1. The Morgan fingerprint density at radius 3 is 3.00 bits per heavy atom. The van der Waals surface area contributed by atoms with E-state index in [9.17, 15) is 9.59 Å². The summed E-state index contributed by atoms with van der Waals surface area (Å²) < 4.78 is 0. The molecule has 0 saturated heterocycles. The van der Waals surface area contributed by atoms with Gasteiger partial charge in [0, 0.05) is 5.69 Å². The van der Waals surface area contributed by atoms with Gasteiger partial charge in [-0.15, -0.1) is 0 Å². The van der Waals surface area contributed by atoms with Gasteiger partial charge >= 0.3 is 0 Å². The molecule has 0 bridgehead atoms. The zero-order valence-corrected chi connectivity index (χ0v) is 7.59. The van der Waals surface area contributed by atoms with Crippen LogP contribution in [0.4, 0.5) is 0 Å². The summed E-state index contributed by atoms with van der Waals surface area (Å²) in [5.41, 5.74) is 3.67. The maximum atomic E-state index is 11.4. The lowest BCUT2D eigenvalue weighted by molar-refractivity contribution is 0.0952. The standard InChI is InChI=1S/C9H11N3O2/c10-12-9(14)6-4-5-2-1-3-7(5)11-8(6)13/h4H,1-3,10H2,(H,11,13)(H,12,14). The summed E-state index contributed by atoms with van der Waals surface area (Å²) in [5.74, 6) is 4.43. The Labute approximate surface area is 80.3 Å². The molecule has 14 heavy (non-hydrogen) atoms. The van der Waals surface area contributed by atoms with Crippen molar-refractivity contribution in [2.24, 2.45) is 5.84 Å². The largest absolute Gasteiger partial charge is 0.325 e. The maximum absolute atomic E-state index is 11.4. The molecule has 5 nitrogen and oxygen atoms in total. The van der Waals surface area contributed by atoms with E-state index in [1.165, 1.54) is 0 Å². The van der Waals surface area contributed by atoms with Crippen LogP contribution in [0.2, 0.25) is 0 Å². The van der Waals surface area contributed by atoms with E-state index in [4.69, 9.17) is 5.84 Å². The number of H-pyrrole nitrogens is 1. The number of hydrogen-bond donors (Lipinski definition) is 3. The van der Waals surface area contributed by atoms with Gasteiger partial charge in [-0.25, -0.2) is 5.84 Å². The minimum Gasteiger partial charge on any atom is -0.325 e. The van der Waals surface area contributed by atoms with E-state index in [0.717, 1.165) is 30.5 Å². The summed E-state index contributed by atoms with van der Waals surface area (Å²) in [5, 5.41) is 0. The number of carbonyl (C=O) groups excluding carboxylic acids is 1. The van der Waals surface area contributed by atoms with Crippen molar-refractivity contribution in [3.05, 3.63) is 33.2 Å². The van der Waals surface area contributed by atoms with E-state index in [2.05, 4.69) is 4.98 Å². The van der Waals surface area contributed by atoms with E-state index in [0.29, 0.717) is 0 Å². The normalized spacial score (nSPS) is 13.8. The van der Waals surface area contributed by atoms with Gasteiger partial charge in [0.1, 0.15) is 5.56 Å². The number of nitrogen functional groups attached to an aromatic ring is 1. The fourth-order valence-electron chi connectivity index (χ4n) is 1.76. The molecule has 1 aliphatic carbocycles. The molecule has 2 rings (SSSR count). The molecule has 0 unspecified atom stereocenters. The van der Waals surface area contributed by atoms with Crippen LogP contribution in [0.25, 0.3) is 0 Å². The molecule has 1 amide bonds. The Morgan fingerprint density at radius 2 is 2.29 bits per heavy atom. The van der Waals surface area contributed by atoms with Crippen LogP contribution >= 0.6 is 0 Å². The molecule has 4 N–H and O–H groups in total. The predicted octanol–water partition coefficient (Wildman–Crippen LogP) is -0.533. The van der Waals surface area contributed by atoms with Crippen molar-refractivity contribution in [1.82, 2.24) is 10.4 Å². The van der Waals surface area contributed by atoms with Gasteiger partial charge in [-0.1, -0.05) is 0 Å². The SMILES string of the molecule is NNC(=O)c1cc2c([nH]c1=O)CCC2. The van der Waals surface area contributed by atoms with Crippen molar-refractivity contribution in [1.29, 1.82) is 0 Å². The van der Waals surface area contributed by atoms with E-state index in [1.54, 1.807) is 6.07 Å². The third-order valence-electron chi connectivity index (χ3n) is 2.46. The second-order valence-corrected chi connectivity index (χ2v) is 3.34. The highest BCUT2D eigenvalue weighted by molar-refractivity contribution is 5.93. The van der Waals surface area contributed by atoms with E-state index < -0.39 is 5.91 Å². The molecule has 1 aliphatic rings. The Morgan fingerprint density at radius 1 is 1.50 bits per heavy atom. The summed E-state index contributed by atoms with van der Waals surface area (Å²) in [4.78, 5) is 25.3. The summed E-state index contributed by atoms with van der Waals surface area (Å²) in [6.45, 7) is 0. The lowest BCUT2D eigenvalue weighted by Crippen LogP contribution is -2.34. The Kier molecular flexibility index (Phi) is 2.09. The molecule has 0 radical (unpaired) electrons. The van der Waals surface area contributed by atoms with Gasteiger partial charge in [0.15, 0.2) is 0 Å². The second-order valence-electron chi connectivity index (χ2n) is 3.34. The van der Waals surface area contributed by atoms with Crippen molar-refractivity contribution in [3.8, 4) is 0 Å². The zero-order chi connectivity index (χ0) is 10.1. The number of aryl methyl sites for hydroxylation is 2. The number of hydrogen-bond acceptors (Lipinski definition) is 3. The van der Waals surface area contributed by atoms with Crippen LogP contribution in [0.5, 0.6) is 0 Å². The number of fused-ring (bicyclic) bond motifs is 1. The molecule has 74 valence electrons. The number of aromatic nitrogens is 1. The van der Waals surface area contributed by atoms with Gasteiger partial charge in [0.05, 0.1) is 0 Å². The summed E-state index contributed by atoms with van der Waals surface area (Å²) in [6, 6.07) is 1.63. The van der Waals surface area contributed by atoms with E-state index >= 15 is 0 Å². The highest BCUT2D eigenvalue weighted by Crippen LogP contribution is 2.18. The van der Waals surface area contributed by atoms with Gasteiger partial charge in [-0.3, -0.25) is 15.0 Å². The quantitative estimate of drug-likeness (QED) is 0.318. The number of hydrazine groups is 1. The number of amides is 1.